The molecule has 0 saturated carbocycles. The highest BCUT2D eigenvalue weighted by Crippen LogP contribution is 2.17. The molecule has 0 spiro atoms. The number of rotatable bonds is 7. The van der Waals surface area contributed by atoms with Crippen molar-refractivity contribution in [3.8, 4) is 0 Å². The van der Waals surface area contributed by atoms with Crippen LogP contribution in [0.2, 0.25) is 0 Å². The van der Waals surface area contributed by atoms with Crippen molar-refractivity contribution in [2.75, 3.05) is 19.8 Å². The molecule has 0 aliphatic carbocycles. The van der Waals surface area contributed by atoms with Gasteiger partial charge in [-0.15, -0.1) is 0 Å². The van der Waals surface area contributed by atoms with E-state index in [2.05, 4.69) is 5.32 Å². The van der Waals surface area contributed by atoms with Gasteiger partial charge in [-0.2, -0.15) is 0 Å². The highest BCUT2D eigenvalue weighted by Gasteiger charge is 2.14. The number of carbonyl (C=O) groups excluding carboxylic acids is 1. The second-order valence-corrected chi connectivity index (χ2v) is 5.57. The molecule has 4 nitrogen and oxygen atoms in total. The number of hydrogen-bond donors (Lipinski definition) is 2. The fourth-order valence-electron chi connectivity index (χ4n) is 2.24. The number of amides is 1. The molecule has 0 fully saturated rings. The van der Waals surface area contributed by atoms with Crippen molar-refractivity contribution < 1.29 is 14.6 Å². The molecule has 0 bridgehead atoms. The molecule has 23 heavy (non-hydrogen) atoms. The Hall–Kier alpha value is -2.17. The van der Waals surface area contributed by atoms with Crippen molar-refractivity contribution in [2.24, 2.45) is 0 Å². The average molecular weight is 313 g/mol. The number of nitrogens with one attached hydrogen (secondary N) is 1. The van der Waals surface area contributed by atoms with E-state index in [1.807, 2.05) is 50.2 Å². The summed E-state index contributed by atoms with van der Waals surface area (Å²) in [5.74, 6) is -0.130. The number of aliphatic hydroxyl groups is 1. The van der Waals surface area contributed by atoms with Crippen molar-refractivity contribution in [1.29, 1.82) is 0 Å². The van der Waals surface area contributed by atoms with Gasteiger partial charge in [-0.25, -0.2) is 0 Å². The van der Waals surface area contributed by atoms with Crippen molar-refractivity contribution in [1.82, 2.24) is 5.32 Å². The zero-order chi connectivity index (χ0) is 16.7. The van der Waals surface area contributed by atoms with Crippen LogP contribution in [-0.4, -0.2) is 30.8 Å². The second kappa shape index (κ2) is 8.46. The van der Waals surface area contributed by atoms with Crippen LogP contribution in [0.4, 0.5) is 0 Å². The molecule has 1 unspecified atom stereocenters. The summed E-state index contributed by atoms with van der Waals surface area (Å²) in [7, 11) is 0. The zero-order valence-electron chi connectivity index (χ0n) is 13.6. The van der Waals surface area contributed by atoms with Gasteiger partial charge in [-0.05, 0) is 31.5 Å². The lowest BCUT2D eigenvalue weighted by Gasteiger charge is -2.19. The molecule has 0 heterocycles. The van der Waals surface area contributed by atoms with E-state index in [4.69, 9.17) is 9.84 Å². The van der Waals surface area contributed by atoms with E-state index >= 15 is 0 Å². The van der Waals surface area contributed by atoms with Gasteiger partial charge >= 0.3 is 0 Å². The molecule has 0 radical (unpaired) electrons. The summed E-state index contributed by atoms with van der Waals surface area (Å²) >= 11 is 0. The van der Waals surface area contributed by atoms with Crippen molar-refractivity contribution in [3.63, 3.8) is 0 Å². The van der Waals surface area contributed by atoms with E-state index in [0.29, 0.717) is 12.1 Å². The Kier molecular flexibility index (Phi) is 6.32. The van der Waals surface area contributed by atoms with E-state index in [1.54, 1.807) is 12.1 Å². The Labute approximate surface area is 137 Å². The predicted octanol–water partition coefficient (Wildman–Crippen LogP) is 2.78. The van der Waals surface area contributed by atoms with Gasteiger partial charge < -0.3 is 15.2 Å². The fraction of sp³-hybridized carbons (Fsp3) is 0.316. The van der Waals surface area contributed by atoms with E-state index in [0.717, 1.165) is 11.1 Å². The molecule has 2 aromatic rings. The van der Waals surface area contributed by atoms with Crippen LogP contribution in [0.15, 0.2) is 48.5 Å². The number of carbonyl (C=O) groups is 1. The number of ether oxygens (including phenoxy) is 1. The van der Waals surface area contributed by atoms with Gasteiger partial charge in [0, 0.05) is 12.1 Å². The molecule has 0 aliphatic heterocycles. The van der Waals surface area contributed by atoms with E-state index in [1.165, 1.54) is 5.56 Å². The first kappa shape index (κ1) is 17.2. The second-order valence-electron chi connectivity index (χ2n) is 5.57. The van der Waals surface area contributed by atoms with Gasteiger partial charge in [0.15, 0.2) is 0 Å². The summed E-state index contributed by atoms with van der Waals surface area (Å²) in [6.45, 7) is 4.55. The van der Waals surface area contributed by atoms with Crippen LogP contribution in [0.3, 0.4) is 0 Å². The largest absolute Gasteiger partial charge is 0.394 e. The SMILES string of the molecule is Cc1ccc(C(=O)NCC(OCCO)c2ccc(C)cc2)cc1. The first-order valence-corrected chi connectivity index (χ1v) is 7.74. The lowest BCUT2D eigenvalue weighted by molar-refractivity contribution is 0.0277. The zero-order valence-corrected chi connectivity index (χ0v) is 13.6. The van der Waals surface area contributed by atoms with Crippen LogP contribution >= 0.6 is 0 Å². The fourth-order valence-corrected chi connectivity index (χ4v) is 2.24. The monoisotopic (exact) mass is 313 g/mol. The number of aliphatic hydroxyl groups excluding tert-OH is 1. The van der Waals surface area contributed by atoms with Gasteiger partial charge in [-0.1, -0.05) is 47.5 Å². The summed E-state index contributed by atoms with van der Waals surface area (Å²) in [4.78, 5) is 12.2. The Morgan fingerprint density at radius 2 is 1.61 bits per heavy atom. The standard InChI is InChI=1S/C19H23NO3/c1-14-3-7-16(8-4-14)18(23-12-11-21)13-20-19(22)17-9-5-15(2)6-10-17/h3-10,18,21H,11-13H2,1-2H3,(H,20,22). The molecular weight excluding hydrogens is 290 g/mol. The predicted molar refractivity (Wildman–Crippen MR) is 90.5 cm³/mol. The van der Waals surface area contributed by atoms with Gasteiger partial charge in [-0.3, -0.25) is 4.79 Å². The van der Waals surface area contributed by atoms with Crippen LogP contribution in [0.25, 0.3) is 0 Å². The molecular formula is C19H23NO3. The Bertz CT molecular complexity index is 620. The first-order chi connectivity index (χ1) is 11.1. The molecule has 4 heteroatoms. The molecule has 0 aromatic heterocycles. The minimum Gasteiger partial charge on any atom is -0.394 e. The summed E-state index contributed by atoms with van der Waals surface area (Å²) < 4.78 is 5.66. The Morgan fingerprint density at radius 1 is 1.04 bits per heavy atom. The molecule has 0 saturated heterocycles. The molecule has 122 valence electrons. The minimum atomic E-state index is -0.280. The molecule has 2 N–H and O–H groups in total. The first-order valence-electron chi connectivity index (χ1n) is 7.74. The minimum absolute atomic E-state index is 0.0474. The molecule has 0 aliphatic rings. The van der Waals surface area contributed by atoms with Gasteiger partial charge in [0.2, 0.25) is 0 Å². The molecule has 1 atom stereocenters. The van der Waals surface area contributed by atoms with E-state index < -0.39 is 0 Å². The third kappa shape index (κ3) is 5.20. The van der Waals surface area contributed by atoms with Crippen LogP contribution in [0.1, 0.15) is 33.2 Å². The smallest absolute Gasteiger partial charge is 0.251 e. The highest BCUT2D eigenvalue weighted by molar-refractivity contribution is 5.94. The van der Waals surface area contributed by atoms with Gasteiger partial charge in [0.05, 0.1) is 19.3 Å². The van der Waals surface area contributed by atoms with Crippen LogP contribution < -0.4 is 5.32 Å². The summed E-state index contributed by atoms with van der Waals surface area (Å²) in [6, 6.07) is 15.4. The Morgan fingerprint density at radius 3 is 2.17 bits per heavy atom. The number of aryl methyl sites for hydroxylation is 2. The third-order valence-corrected chi connectivity index (χ3v) is 3.62. The van der Waals surface area contributed by atoms with Crippen molar-refractivity contribution >= 4 is 5.91 Å². The summed E-state index contributed by atoms with van der Waals surface area (Å²) in [6.07, 6.45) is -0.280. The van der Waals surface area contributed by atoms with Gasteiger partial charge in [0.25, 0.3) is 5.91 Å². The molecule has 2 rings (SSSR count). The van der Waals surface area contributed by atoms with Gasteiger partial charge in [0.1, 0.15) is 0 Å². The van der Waals surface area contributed by atoms with E-state index in [-0.39, 0.29) is 25.2 Å². The quantitative estimate of drug-likeness (QED) is 0.826. The topological polar surface area (TPSA) is 58.6 Å². The average Bonchev–Trinajstić information content (AvgIpc) is 2.56. The maximum absolute atomic E-state index is 12.2. The van der Waals surface area contributed by atoms with Crippen LogP contribution in [0, 0.1) is 13.8 Å². The normalized spacial score (nSPS) is 12.0. The lowest BCUT2D eigenvalue weighted by Crippen LogP contribution is -2.30. The third-order valence-electron chi connectivity index (χ3n) is 3.62. The number of benzene rings is 2. The molecule has 1 amide bonds. The number of hydrogen-bond acceptors (Lipinski definition) is 3. The maximum Gasteiger partial charge on any atom is 0.251 e. The van der Waals surface area contributed by atoms with E-state index in [9.17, 15) is 4.79 Å². The van der Waals surface area contributed by atoms with Crippen molar-refractivity contribution in [3.05, 3.63) is 70.8 Å². The summed E-state index contributed by atoms with van der Waals surface area (Å²) in [5, 5.41) is 11.9. The Balaban J connectivity index is 2.01. The maximum atomic E-state index is 12.2. The highest BCUT2D eigenvalue weighted by atomic mass is 16.5. The summed E-state index contributed by atoms with van der Waals surface area (Å²) in [5.41, 5.74) is 3.89. The van der Waals surface area contributed by atoms with Crippen LogP contribution in [-0.2, 0) is 4.74 Å². The molecule has 2 aromatic carbocycles. The van der Waals surface area contributed by atoms with Crippen LogP contribution in [0.5, 0.6) is 0 Å². The lowest BCUT2D eigenvalue weighted by atomic mass is 10.1. The van der Waals surface area contributed by atoms with Crippen molar-refractivity contribution in [2.45, 2.75) is 20.0 Å².